The number of amides is 3. The second-order valence-electron chi connectivity index (χ2n) is 10.5. The van der Waals surface area contributed by atoms with Gasteiger partial charge in [0.2, 0.25) is 0 Å². The highest BCUT2D eigenvalue weighted by Crippen LogP contribution is 2.33. The minimum atomic E-state index is -0.286. The van der Waals surface area contributed by atoms with Gasteiger partial charge in [-0.1, -0.05) is 28.1 Å². The Hall–Kier alpha value is -4.48. The van der Waals surface area contributed by atoms with Crippen LogP contribution in [0.3, 0.4) is 0 Å². The number of halogens is 1. The van der Waals surface area contributed by atoms with Crippen LogP contribution in [0.25, 0.3) is 11.3 Å². The molecule has 0 saturated carbocycles. The average molecular weight is 644 g/mol. The van der Waals surface area contributed by atoms with Gasteiger partial charge in [-0.25, -0.2) is 9.78 Å². The number of carbonyl (C=O) groups is 2. The van der Waals surface area contributed by atoms with Gasteiger partial charge in [-0.3, -0.25) is 19.4 Å². The van der Waals surface area contributed by atoms with Crippen molar-refractivity contribution in [2.24, 2.45) is 7.05 Å². The summed E-state index contributed by atoms with van der Waals surface area (Å²) in [7, 11) is 1.68. The van der Waals surface area contributed by atoms with Gasteiger partial charge in [-0.05, 0) is 67.1 Å². The molecule has 0 atom stereocenters. The van der Waals surface area contributed by atoms with E-state index in [-0.39, 0.29) is 23.3 Å². The lowest BCUT2D eigenvalue weighted by Crippen LogP contribution is -2.40. The second-order valence-corrected chi connectivity index (χ2v) is 11.4. The van der Waals surface area contributed by atoms with Crippen molar-refractivity contribution in [3.63, 3.8) is 0 Å². The normalized spacial score (nSPS) is 15.2. The zero-order chi connectivity index (χ0) is 30.1. The number of nitrogens with zero attached hydrogens (tertiary/aromatic N) is 5. The third-order valence-corrected chi connectivity index (χ3v) is 8.31. The fraction of sp³-hybridized carbons (Fsp3) is 0.250. The molecule has 43 heavy (non-hydrogen) atoms. The molecular formula is C32H31BrN6O4. The third kappa shape index (κ3) is 5.78. The molecule has 3 heterocycles. The Morgan fingerprint density at radius 1 is 0.907 bits per heavy atom. The molecule has 3 aromatic carbocycles. The summed E-state index contributed by atoms with van der Waals surface area (Å²) < 4.78 is 7.79. The van der Waals surface area contributed by atoms with Crippen LogP contribution in [-0.2, 0) is 11.8 Å². The monoisotopic (exact) mass is 642 g/mol. The highest BCUT2D eigenvalue weighted by atomic mass is 79.9. The Morgan fingerprint density at radius 2 is 1.60 bits per heavy atom. The van der Waals surface area contributed by atoms with Crippen LogP contribution in [0.2, 0.25) is 0 Å². The van der Waals surface area contributed by atoms with Gasteiger partial charge in [-0.15, -0.1) is 0 Å². The van der Waals surface area contributed by atoms with Crippen LogP contribution >= 0.6 is 15.9 Å². The van der Waals surface area contributed by atoms with Crippen molar-refractivity contribution in [3.8, 4) is 11.3 Å². The number of aryl methyl sites for hydroxylation is 1. The SMILES string of the molecule is Cc1c(-c2cn(C)c(=O)c(Nc3ccc(C(=O)N4CCOCC4)cc3)n2)cccc1N1CCN(c2ccc(Br)cc2)C1=O. The minimum absolute atomic E-state index is 0.0438. The molecule has 11 heteroatoms. The van der Waals surface area contributed by atoms with Gasteiger partial charge in [0.25, 0.3) is 11.5 Å². The Kier molecular flexibility index (Phi) is 8.00. The number of carbonyl (C=O) groups excluding carboxylic acids is 2. The molecule has 0 aliphatic carbocycles. The zero-order valence-corrected chi connectivity index (χ0v) is 25.5. The first-order valence-corrected chi connectivity index (χ1v) is 14.9. The van der Waals surface area contributed by atoms with Crippen LogP contribution in [-0.4, -0.2) is 65.8 Å². The van der Waals surface area contributed by atoms with Crippen LogP contribution in [0.5, 0.6) is 0 Å². The first-order chi connectivity index (χ1) is 20.8. The summed E-state index contributed by atoms with van der Waals surface area (Å²) in [5.41, 5.74) is 4.87. The molecule has 0 radical (unpaired) electrons. The Morgan fingerprint density at radius 3 is 2.33 bits per heavy atom. The van der Waals surface area contributed by atoms with E-state index in [1.54, 1.807) is 52.2 Å². The number of hydrogen-bond acceptors (Lipinski definition) is 6. The predicted octanol–water partition coefficient (Wildman–Crippen LogP) is 5.18. The largest absolute Gasteiger partial charge is 0.378 e. The molecule has 10 nitrogen and oxygen atoms in total. The molecule has 0 spiro atoms. The maximum Gasteiger partial charge on any atom is 0.329 e. The van der Waals surface area contributed by atoms with Crippen molar-refractivity contribution in [2.45, 2.75) is 6.92 Å². The molecule has 1 N–H and O–H groups in total. The van der Waals surface area contributed by atoms with E-state index in [9.17, 15) is 14.4 Å². The number of rotatable bonds is 6. The van der Waals surface area contributed by atoms with Gasteiger partial charge in [0.1, 0.15) is 0 Å². The molecule has 6 rings (SSSR count). The first kappa shape index (κ1) is 28.6. The van der Waals surface area contributed by atoms with Gasteiger partial charge in [-0.2, -0.15) is 0 Å². The van der Waals surface area contributed by atoms with Crippen molar-refractivity contribution in [3.05, 3.63) is 98.9 Å². The lowest BCUT2D eigenvalue weighted by atomic mass is 10.0. The van der Waals surface area contributed by atoms with E-state index in [1.165, 1.54) is 4.57 Å². The summed E-state index contributed by atoms with van der Waals surface area (Å²) in [5, 5.41) is 3.13. The highest BCUT2D eigenvalue weighted by molar-refractivity contribution is 9.10. The molecule has 2 saturated heterocycles. The number of urea groups is 1. The maximum atomic E-state index is 13.4. The minimum Gasteiger partial charge on any atom is -0.378 e. The third-order valence-electron chi connectivity index (χ3n) is 7.78. The van der Waals surface area contributed by atoms with E-state index < -0.39 is 0 Å². The fourth-order valence-electron chi connectivity index (χ4n) is 5.41. The topological polar surface area (TPSA) is 100 Å². The van der Waals surface area contributed by atoms with Gasteiger partial charge in [0, 0.05) is 72.1 Å². The quantitative estimate of drug-likeness (QED) is 0.311. The molecule has 0 unspecified atom stereocenters. The molecule has 4 aromatic rings. The number of nitrogens with one attached hydrogen (secondary N) is 1. The van der Waals surface area contributed by atoms with Crippen LogP contribution in [0.15, 0.2) is 82.2 Å². The second kappa shape index (κ2) is 12.0. The molecule has 2 fully saturated rings. The predicted molar refractivity (Wildman–Crippen MR) is 170 cm³/mol. The fourth-order valence-corrected chi connectivity index (χ4v) is 5.68. The van der Waals surface area contributed by atoms with Crippen LogP contribution in [0, 0.1) is 6.92 Å². The molecule has 0 bridgehead atoms. The van der Waals surface area contributed by atoms with Gasteiger partial charge >= 0.3 is 6.03 Å². The molecule has 220 valence electrons. The molecule has 1 aromatic heterocycles. The zero-order valence-electron chi connectivity index (χ0n) is 23.9. The van der Waals surface area contributed by atoms with Crippen LogP contribution in [0.1, 0.15) is 15.9 Å². The summed E-state index contributed by atoms with van der Waals surface area (Å²) in [6.07, 6.45) is 1.70. The number of ether oxygens (including phenoxy) is 1. The van der Waals surface area contributed by atoms with Crippen molar-refractivity contribution in [2.75, 3.05) is 54.5 Å². The van der Waals surface area contributed by atoms with Crippen molar-refractivity contribution < 1.29 is 14.3 Å². The Balaban J connectivity index is 1.24. The number of anilines is 4. The number of aromatic nitrogens is 2. The summed E-state index contributed by atoms with van der Waals surface area (Å²) in [6.45, 7) is 5.31. The van der Waals surface area contributed by atoms with Gasteiger partial charge in [0.05, 0.1) is 18.9 Å². The van der Waals surface area contributed by atoms with E-state index in [0.717, 1.165) is 27.0 Å². The lowest BCUT2D eigenvalue weighted by Gasteiger charge is -2.26. The average Bonchev–Trinajstić information content (AvgIpc) is 3.41. The smallest absolute Gasteiger partial charge is 0.329 e. The number of morpholine rings is 1. The van der Waals surface area contributed by atoms with Crippen LogP contribution in [0.4, 0.5) is 27.7 Å². The molecule has 2 aliphatic heterocycles. The maximum absolute atomic E-state index is 13.4. The first-order valence-electron chi connectivity index (χ1n) is 14.1. The summed E-state index contributed by atoms with van der Waals surface area (Å²) in [6, 6.07) is 20.4. The summed E-state index contributed by atoms with van der Waals surface area (Å²) in [4.78, 5) is 49.3. The van der Waals surface area contributed by atoms with E-state index >= 15 is 0 Å². The molecular weight excluding hydrogens is 612 g/mol. The van der Waals surface area contributed by atoms with Crippen molar-refractivity contribution in [1.82, 2.24) is 14.5 Å². The van der Waals surface area contributed by atoms with Crippen molar-refractivity contribution >= 4 is 50.7 Å². The van der Waals surface area contributed by atoms with E-state index in [1.807, 2.05) is 49.4 Å². The molecule has 3 amide bonds. The van der Waals surface area contributed by atoms with E-state index in [4.69, 9.17) is 9.72 Å². The Labute approximate surface area is 257 Å². The summed E-state index contributed by atoms with van der Waals surface area (Å²) in [5.74, 6) is 0.119. The van der Waals surface area contributed by atoms with Gasteiger partial charge in [0.15, 0.2) is 5.82 Å². The van der Waals surface area contributed by atoms with Crippen molar-refractivity contribution in [1.29, 1.82) is 0 Å². The standard InChI is InChI=1S/C32H31BrN6O4/c1-21-26(4-3-5-28(21)39-15-14-38(32(39)42)25-12-8-23(33)9-13-25)27-20-36(2)31(41)29(35-27)34-24-10-6-22(7-11-24)30(40)37-16-18-43-19-17-37/h3-13,20H,14-19H2,1-2H3,(H,34,35). The summed E-state index contributed by atoms with van der Waals surface area (Å²) >= 11 is 3.45. The number of hydrogen-bond donors (Lipinski definition) is 1. The highest BCUT2D eigenvalue weighted by Gasteiger charge is 2.32. The van der Waals surface area contributed by atoms with E-state index in [2.05, 4.69) is 21.2 Å². The van der Waals surface area contributed by atoms with Gasteiger partial charge < -0.3 is 19.5 Å². The van der Waals surface area contributed by atoms with E-state index in [0.29, 0.717) is 56.3 Å². The molecule has 2 aliphatic rings. The van der Waals surface area contributed by atoms with Crippen LogP contribution < -0.4 is 20.7 Å². The number of benzene rings is 3. The Bertz CT molecular complexity index is 1730. The lowest BCUT2D eigenvalue weighted by molar-refractivity contribution is 0.0303.